The van der Waals surface area contributed by atoms with E-state index >= 15 is 0 Å². The molecule has 6 nitrogen and oxygen atoms in total. The number of carbonyl (C=O) groups is 1. The van der Waals surface area contributed by atoms with Gasteiger partial charge in [0, 0.05) is 22.6 Å². The summed E-state index contributed by atoms with van der Waals surface area (Å²) in [6.07, 6.45) is 1.63. The minimum atomic E-state index is -0.363. The average molecular weight is 386 g/mol. The van der Waals surface area contributed by atoms with Crippen LogP contribution in [0.2, 0.25) is 0 Å². The maximum Gasteiger partial charge on any atom is 0.277 e. The van der Waals surface area contributed by atoms with Crippen LogP contribution in [-0.4, -0.2) is 23.3 Å². The first-order valence-corrected chi connectivity index (χ1v) is 9.19. The van der Waals surface area contributed by atoms with Gasteiger partial charge in [0.05, 0.1) is 17.8 Å². The summed E-state index contributed by atoms with van der Waals surface area (Å²) in [5, 5.41) is 12.8. The molecular weight excluding hydrogens is 364 g/mol. The predicted molar refractivity (Wildman–Crippen MR) is 112 cm³/mol. The molecule has 1 N–H and O–H groups in total. The molecule has 0 aliphatic rings. The minimum absolute atomic E-state index is 0.161. The fourth-order valence-corrected chi connectivity index (χ4v) is 2.99. The second-order valence-electron chi connectivity index (χ2n) is 6.72. The van der Waals surface area contributed by atoms with E-state index in [9.17, 15) is 4.79 Å². The summed E-state index contributed by atoms with van der Waals surface area (Å²) in [7, 11) is 0. The van der Waals surface area contributed by atoms with Crippen molar-refractivity contribution in [3.8, 4) is 17.5 Å². The van der Waals surface area contributed by atoms with E-state index in [0.29, 0.717) is 11.3 Å². The molecule has 1 amide bonds. The Morgan fingerprint density at radius 2 is 1.83 bits per heavy atom. The molecule has 2 aromatic carbocycles. The Kier molecular flexibility index (Phi) is 6.10. The summed E-state index contributed by atoms with van der Waals surface area (Å²) in [6, 6.07) is 18.9. The molecule has 29 heavy (non-hydrogen) atoms. The lowest BCUT2D eigenvalue weighted by atomic mass is 10.2. The first-order chi connectivity index (χ1) is 14.0. The van der Waals surface area contributed by atoms with Crippen molar-refractivity contribution < 1.29 is 9.53 Å². The van der Waals surface area contributed by atoms with E-state index < -0.39 is 0 Å². The Morgan fingerprint density at radius 3 is 2.48 bits per heavy atom. The topological polar surface area (TPSA) is 79.4 Å². The van der Waals surface area contributed by atoms with Crippen LogP contribution in [0.1, 0.15) is 28.1 Å². The smallest absolute Gasteiger partial charge is 0.277 e. The van der Waals surface area contributed by atoms with Crippen LogP contribution in [0.15, 0.2) is 59.7 Å². The molecule has 146 valence electrons. The molecule has 1 heterocycles. The van der Waals surface area contributed by atoms with Gasteiger partial charge in [-0.3, -0.25) is 4.79 Å². The Morgan fingerprint density at radius 1 is 1.14 bits per heavy atom. The van der Waals surface area contributed by atoms with Gasteiger partial charge >= 0.3 is 0 Å². The largest absolute Gasteiger partial charge is 0.484 e. The van der Waals surface area contributed by atoms with Crippen molar-refractivity contribution >= 4 is 12.1 Å². The van der Waals surface area contributed by atoms with Crippen molar-refractivity contribution in [2.45, 2.75) is 20.8 Å². The number of nitrogens with one attached hydrogen (secondary N) is 1. The number of aryl methyl sites for hydroxylation is 2. The van der Waals surface area contributed by atoms with Gasteiger partial charge in [-0.1, -0.05) is 17.7 Å². The molecule has 0 bridgehead atoms. The summed E-state index contributed by atoms with van der Waals surface area (Å²) in [6.45, 7) is 5.95. The number of rotatable bonds is 6. The molecule has 0 fully saturated rings. The summed E-state index contributed by atoms with van der Waals surface area (Å²) in [4.78, 5) is 11.9. The van der Waals surface area contributed by atoms with Crippen molar-refractivity contribution in [1.82, 2.24) is 9.99 Å². The number of hydrogen-bond donors (Lipinski definition) is 1. The lowest BCUT2D eigenvalue weighted by Crippen LogP contribution is -2.24. The highest BCUT2D eigenvalue weighted by Gasteiger charge is 2.09. The van der Waals surface area contributed by atoms with E-state index in [2.05, 4.69) is 46.3 Å². The van der Waals surface area contributed by atoms with Gasteiger partial charge in [0.25, 0.3) is 5.91 Å². The van der Waals surface area contributed by atoms with Gasteiger partial charge < -0.3 is 9.30 Å². The number of benzene rings is 2. The van der Waals surface area contributed by atoms with Crippen LogP contribution in [0.4, 0.5) is 0 Å². The standard InChI is InChI=1S/C23H22N4O2/c1-16-4-8-21(9-5-16)27-17(2)12-20(18(27)3)14-25-26-23(28)15-29-22-10-6-19(13-24)7-11-22/h4-12,14H,15H2,1-3H3,(H,26,28)/b25-14+. The van der Waals surface area contributed by atoms with Gasteiger partial charge in [0.15, 0.2) is 6.61 Å². The number of nitrogens with zero attached hydrogens (tertiary/aromatic N) is 3. The number of carbonyl (C=O) groups excluding carboxylic acids is 1. The Balaban J connectivity index is 1.60. The maximum atomic E-state index is 11.9. The lowest BCUT2D eigenvalue weighted by molar-refractivity contribution is -0.123. The number of aromatic nitrogens is 1. The molecule has 0 saturated heterocycles. The Hall–Kier alpha value is -3.85. The summed E-state index contributed by atoms with van der Waals surface area (Å²) in [5.74, 6) is 0.155. The van der Waals surface area contributed by atoms with Crippen LogP contribution in [0.3, 0.4) is 0 Å². The normalized spacial score (nSPS) is 10.7. The fraction of sp³-hybridized carbons (Fsp3) is 0.174. The van der Waals surface area contributed by atoms with Crippen LogP contribution in [0.5, 0.6) is 5.75 Å². The van der Waals surface area contributed by atoms with Crippen molar-refractivity contribution in [1.29, 1.82) is 5.26 Å². The van der Waals surface area contributed by atoms with Crippen molar-refractivity contribution in [3.05, 3.63) is 82.7 Å². The molecule has 0 spiro atoms. The number of hydrazone groups is 1. The molecule has 1 aromatic heterocycles. The number of nitriles is 1. The number of ether oxygens (including phenoxy) is 1. The van der Waals surface area contributed by atoms with Crippen LogP contribution in [-0.2, 0) is 4.79 Å². The molecule has 0 atom stereocenters. The van der Waals surface area contributed by atoms with Gasteiger partial charge in [-0.15, -0.1) is 0 Å². The van der Waals surface area contributed by atoms with E-state index in [-0.39, 0.29) is 12.5 Å². The molecule has 0 radical (unpaired) electrons. The number of amides is 1. The minimum Gasteiger partial charge on any atom is -0.484 e. The zero-order valence-electron chi connectivity index (χ0n) is 16.6. The molecule has 3 aromatic rings. The third kappa shape index (κ3) is 4.90. The summed E-state index contributed by atoms with van der Waals surface area (Å²) in [5.41, 5.74) is 8.36. The van der Waals surface area contributed by atoms with Crippen molar-refractivity contribution in [2.75, 3.05) is 6.61 Å². The quantitative estimate of drug-likeness (QED) is 0.517. The van der Waals surface area contributed by atoms with E-state index in [4.69, 9.17) is 10.00 Å². The molecule has 3 rings (SSSR count). The Labute approximate surface area is 170 Å². The Bertz CT molecular complexity index is 1070. The van der Waals surface area contributed by atoms with E-state index in [1.165, 1.54) is 5.56 Å². The van der Waals surface area contributed by atoms with Crippen molar-refractivity contribution in [3.63, 3.8) is 0 Å². The molecule has 0 aliphatic heterocycles. The SMILES string of the molecule is Cc1ccc(-n2c(C)cc(/C=N/NC(=O)COc3ccc(C#N)cc3)c2C)cc1. The van der Waals surface area contributed by atoms with E-state index in [1.54, 1.807) is 30.5 Å². The zero-order chi connectivity index (χ0) is 20.8. The van der Waals surface area contributed by atoms with Gasteiger partial charge in [-0.2, -0.15) is 10.4 Å². The fourth-order valence-electron chi connectivity index (χ4n) is 2.99. The first kappa shape index (κ1) is 19.9. The van der Waals surface area contributed by atoms with E-state index in [1.807, 2.05) is 26.0 Å². The number of hydrogen-bond acceptors (Lipinski definition) is 4. The average Bonchev–Trinajstić information content (AvgIpc) is 3.01. The monoisotopic (exact) mass is 386 g/mol. The van der Waals surface area contributed by atoms with Gasteiger partial charge in [-0.25, -0.2) is 5.43 Å². The molecule has 0 unspecified atom stereocenters. The summed E-state index contributed by atoms with van der Waals surface area (Å²) < 4.78 is 7.53. The van der Waals surface area contributed by atoms with Crippen LogP contribution < -0.4 is 10.2 Å². The molecule has 6 heteroatoms. The zero-order valence-corrected chi connectivity index (χ0v) is 16.6. The molecular formula is C23H22N4O2. The summed E-state index contributed by atoms with van der Waals surface area (Å²) >= 11 is 0. The molecule has 0 aliphatic carbocycles. The highest BCUT2D eigenvalue weighted by atomic mass is 16.5. The van der Waals surface area contributed by atoms with Crippen LogP contribution in [0, 0.1) is 32.1 Å². The van der Waals surface area contributed by atoms with Crippen LogP contribution in [0.25, 0.3) is 5.69 Å². The first-order valence-electron chi connectivity index (χ1n) is 9.19. The second kappa shape index (κ2) is 8.89. The van der Waals surface area contributed by atoms with Crippen molar-refractivity contribution in [2.24, 2.45) is 5.10 Å². The third-order valence-corrected chi connectivity index (χ3v) is 4.51. The van der Waals surface area contributed by atoms with Gasteiger partial charge in [0.2, 0.25) is 0 Å². The highest BCUT2D eigenvalue weighted by Crippen LogP contribution is 2.20. The highest BCUT2D eigenvalue weighted by molar-refractivity contribution is 5.84. The van der Waals surface area contributed by atoms with Gasteiger partial charge in [-0.05, 0) is 63.2 Å². The van der Waals surface area contributed by atoms with Crippen LogP contribution >= 0.6 is 0 Å². The second-order valence-corrected chi connectivity index (χ2v) is 6.72. The van der Waals surface area contributed by atoms with E-state index in [0.717, 1.165) is 22.6 Å². The molecule has 0 saturated carbocycles. The maximum absolute atomic E-state index is 11.9. The predicted octanol–water partition coefficient (Wildman–Crippen LogP) is 3.80. The third-order valence-electron chi connectivity index (χ3n) is 4.51. The van der Waals surface area contributed by atoms with Gasteiger partial charge in [0.1, 0.15) is 5.75 Å². The lowest BCUT2D eigenvalue weighted by Gasteiger charge is -2.09.